The lowest BCUT2D eigenvalue weighted by Gasteiger charge is -2.24. The molecule has 0 aliphatic carbocycles. The number of hydrogen-bond donors (Lipinski definition) is 2. The van der Waals surface area contributed by atoms with E-state index in [1.54, 1.807) is 37.3 Å². The fraction of sp³-hybridized carbons (Fsp3) is 0.214. The van der Waals surface area contributed by atoms with E-state index in [4.69, 9.17) is 13.8 Å². The number of ether oxygens (including phenoxy) is 1. The number of esters is 1. The number of amides is 1. The van der Waals surface area contributed by atoms with Gasteiger partial charge >= 0.3 is 13.7 Å². The van der Waals surface area contributed by atoms with Gasteiger partial charge in [-0.25, -0.2) is 9.65 Å². The van der Waals surface area contributed by atoms with E-state index in [9.17, 15) is 14.2 Å². The van der Waals surface area contributed by atoms with Gasteiger partial charge in [0.15, 0.2) is 0 Å². The van der Waals surface area contributed by atoms with Gasteiger partial charge in [0.2, 0.25) is 0 Å². The SMILES string of the molecule is CCOC(=O)CNP(=O)(OC[C@H](Cc1ccccc1)NC(=O)c1cc2ccccc2s1)Oc1ccccc1. The third-order valence-corrected chi connectivity index (χ3v) is 8.05. The molecule has 4 aromatic rings. The summed E-state index contributed by atoms with van der Waals surface area (Å²) >= 11 is 1.40. The van der Waals surface area contributed by atoms with Gasteiger partial charge in [-0.2, -0.15) is 0 Å². The van der Waals surface area contributed by atoms with E-state index in [1.165, 1.54) is 11.3 Å². The molecular formula is C28H29N2O6PS. The number of benzene rings is 3. The highest BCUT2D eigenvalue weighted by molar-refractivity contribution is 7.52. The zero-order valence-corrected chi connectivity index (χ0v) is 22.6. The summed E-state index contributed by atoms with van der Waals surface area (Å²) in [5.41, 5.74) is 0.969. The van der Waals surface area contributed by atoms with Gasteiger partial charge < -0.3 is 14.6 Å². The van der Waals surface area contributed by atoms with Gasteiger partial charge in [0, 0.05) is 4.70 Å². The quantitative estimate of drug-likeness (QED) is 0.164. The summed E-state index contributed by atoms with van der Waals surface area (Å²) < 4.78 is 31.0. The van der Waals surface area contributed by atoms with Crippen LogP contribution >= 0.6 is 19.1 Å². The highest BCUT2D eigenvalue weighted by Gasteiger charge is 2.30. The van der Waals surface area contributed by atoms with Crippen molar-refractivity contribution in [3.05, 3.63) is 101 Å². The highest BCUT2D eigenvalue weighted by atomic mass is 32.1. The molecule has 2 atom stereocenters. The Balaban J connectivity index is 1.51. The van der Waals surface area contributed by atoms with Gasteiger partial charge in [-0.05, 0) is 48.6 Å². The minimum Gasteiger partial charge on any atom is -0.465 e. The first kappa shape index (κ1) is 27.5. The molecule has 8 nitrogen and oxygen atoms in total. The maximum absolute atomic E-state index is 13.6. The maximum atomic E-state index is 13.6. The molecule has 10 heteroatoms. The average molecular weight is 553 g/mol. The van der Waals surface area contributed by atoms with Crippen LogP contribution in [0.2, 0.25) is 0 Å². The molecule has 1 aromatic heterocycles. The van der Waals surface area contributed by atoms with Crippen LogP contribution in [0, 0.1) is 0 Å². The largest absolute Gasteiger partial charge is 0.465 e. The predicted molar refractivity (Wildman–Crippen MR) is 148 cm³/mol. The normalized spacial score (nSPS) is 13.4. The molecule has 1 heterocycles. The van der Waals surface area contributed by atoms with Crippen LogP contribution in [-0.4, -0.2) is 37.7 Å². The fourth-order valence-corrected chi connectivity index (χ4v) is 5.96. The van der Waals surface area contributed by atoms with Crippen LogP contribution in [0.4, 0.5) is 0 Å². The van der Waals surface area contributed by atoms with Gasteiger partial charge in [0.05, 0.1) is 24.1 Å². The highest BCUT2D eigenvalue weighted by Crippen LogP contribution is 2.44. The van der Waals surface area contributed by atoms with Crippen molar-refractivity contribution in [3.63, 3.8) is 0 Å². The lowest BCUT2D eigenvalue weighted by Crippen LogP contribution is -2.40. The molecule has 198 valence electrons. The smallest absolute Gasteiger partial charge is 0.459 e. The van der Waals surface area contributed by atoms with E-state index in [0.717, 1.165) is 15.6 Å². The Hall–Kier alpha value is -3.49. The molecule has 4 rings (SSSR count). The summed E-state index contributed by atoms with van der Waals surface area (Å²) in [5, 5.41) is 6.58. The molecule has 0 aliphatic rings. The van der Waals surface area contributed by atoms with E-state index in [0.29, 0.717) is 17.0 Å². The number of nitrogens with one attached hydrogen (secondary N) is 2. The molecule has 3 aromatic carbocycles. The summed E-state index contributed by atoms with van der Waals surface area (Å²) in [7, 11) is -4.02. The van der Waals surface area contributed by atoms with E-state index >= 15 is 0 Å². The Labute approximate surface area is 225 Å². The second kappa shape index (κ2) is 13.3. The molecule has 0 saturated carbocycles. The summed E-state index contributed by atoms with van der Waals surface area (Å²) in [6.45, 7) is 1.37. The molecule has 1 amide bonds. The molecule has 2 N–H and O–H groups in total. The zero-order chi connectivity index (χ0) is 26.8. The van der Waals surface area contributed by atoms with Gasteiger partial charge in [-0.1, -0.05) is 66.7 Å². The minimum atomic E-state index is -4.02. The van der Waals surface area contributed by atoms with Crippen molar-refractivity contribution in [3.8, 4) is 5.75 Å². The second-order valence-corrected chi connectivity index (χ2v) is 11.2. The number of rotatable bonds is 13. The summed E-state index contributed by atoms with van der Waals surface area (Å²) in [6.07, 6.45) is 0.431. The zero-order valence-electron chi connectivity index (χ0n) is 20.9. The Bertz CT molecular complexity index is 1360. The monoisotopic (exact) mass is 552 g/mol. The molecule has 0 aliphatic heterocycles. The maximum Gasteiger partial charge on any atom is 0.459 e. The summed E-state index contributed by atoms with van der Waals surface area (Å²) in [4.78, 5) is 25.7. The van der Waals surface area contributed by atoms with Crippen LogP contribution in [-0.2, 0) is 25.0 Å². The van der Waals surface area contributed by atoms with E-state index in [2.05, 4.69) is 10.4 Å². The van der Waals surface area contributed by atoms with Gasteiger partial charge in [0.25, 0.3) is 5.91 Å². The summed E-state index contributed by atoms with van der Waals surface area (Å²) in [6, 6.07) is 27.2. The number of fused-ring (bicyclic) bond motifs is 1. The minimum absolute atomic E-state index is 0.133. The Morgan fingerprint density at radius 1 is 0.947 bits per heavy atom. The van der Waals surface area contributed by atoms with Crippen molar-refractivity contribution in [1.29, 1.82) is 0 Å². The van der Waals surface area contributed by atoms with Crippen molar-refractivity contribution in [2.45, 2.75) is 19.4 Å². The van der Waals surface area contributed by atoms with Crippen molar-refractivity contribution < 1.29 is 27.9 Å². The third-order valence-electron chi connectivity index (χ3n) is 5.45. The summed E-state index contributed by atoms with van der Waals surface area (Å²) in [5.74, 6) is -0.540. The van der Waals surface area contributed by atoms with Crippen molar-refractivity contribution in [2.24, 2.45) is 0 Å². The van der Waals surface area contributed by atoms with Crippen LogP contribution in [0.1, 0.15) is 22.2 Å². The van der Waals surface area contributed by atoms with Crippen LogP contribution in [0.15, 0.2) is 91.0 Å². The van der Waals surface area contributed by atoms with Gasteiger partial charge in [-0.15, -0.1) is 11.3 Å². The van der Waals surface area contributed by atoms with E-state index < -0.39 is 19.8 Å². The lowest BCUT2D eigenvalue weighted by atomic mass is 10.1. The number of para-hydroxylation sites is 1. The Kier molecular flexibility index (Phi) is 9.67. The predicted octanol–water partition coefficient (Wildman–Crippen LogP) is 5.60. The molecular weight excluding hydrogens is 523 g/mol. The number of carbonyl (C=O) groups is 2. The van der Waals surface area contributed by atoms with E-state index in [1.807, 2.05) is 60.7 Å². The molecule has 38 heavy (non-hydrogen) atoms. The first-order chi connectivity index (χ1) is 18.4. The molecule has 0 spiro atoms. The lowest BCUT2D eigenvalue weighted by molar-refractivity contribution is -0.141. The third kappa shape index (κ3) is 8.00. The van der Waals surface area contributed by atoms with Crippen LogP contribution < -0.4 is 14.9 Å². The van der Waals surface area contributed by atoms with Crippen molar-refractivity contribution >= 4 is 41.0 Å². The van der Waals surface area contributed by atoms with Crippen molar-refractivity contribution in [2.75, 3.05) is 19.8 Å². The molecule has 0 fully saturated rings. The topological polar surface area (TPSA) is 103 Å². The van der Waals surface area contributed by atoms with Crippen molar-refractivity contribution in [1.82, 2.24) is 10.4 Å². The number of hydrogen-bond acceptors (Lipinski definition) is 7. The van der Waals surface area contributed by atoms with Gasteiger partial charge in [0.1, 0.15) is 12.3 Å². The second-order valence-electron chi connectivity index (χ2n) is 8.35. The van der Waals surface area contributed by atoms with E-state index in [-0.39, 0.29) is 25.7 Å². The van der Waals surface area contributed by atoms with Gasteiger partial charge in [-0.3, -0.25) is 14.1 Å². The van der Waals surface area contributed by atoms with Crippen LogP contribution in [0.3, 0.4) is 0 Å². The standard InChI is InChI=1S/C28H29N2O6PS/c1-2-34-27(31)19-29-37(33,36-24-14-7-4-8-15-24)35-20-23(17-21-11-5-3-6-12-21)30-28(32)26-18-22-13-9-10-16-25(22)38-26/h3-16,18,23H,2,17,19-20H2,1H3,(H,29,33)(H,30,32)/t23-,37?/m0/s1. The molecule has 0 saturated heterocycles. The first-order valence-corrected chi connectivity index (χ1v) is 14.5. The first-order valence-electron chi connectivity index (χ1n) is 12.2. The fourth-order valence-electron chi connectivity index (χ4n) is 3.69. The van der Waals surface area contributed by atoms with Crippen LogP contribution in [0.5, 0.6) is 5.75 Å². The van der Waals surface area contributed by atoms with Crippen LogP contribution in [0.25, 0.3) is 10.1 Å². The molecule has 0 radical (unpaired) electrons. The Morgan fingerprint density at radius 3 is 2.34 bits per heavy atom. The number of thiophene rings is 1. The number of carbonyl (C=O) groups excluding carboxylic acids is 2. The average Bonchev–Trinajstić information content (AvgIpc) is 3.37. The Morgan fingerprint density at radius 2 is 1.63 bits per heavy atom. The molecule has 1 unspecified atom stereocenters. The molecule has 0 bridgehead atoms.